The zero-order valence-corrected chi connectivity index (χ0v) is 20.3. The summed E-state index contributed by atoms with van der Waals surface area (Å²) < 4.78 is 74.8. The van der Waals surface area contributed by atoms with Gasteiger partial charge in [-0.05, 0) is 61.2 Å². The van der Waals surface area contributed by atoms with Crippen LogP contribution >= 0.6 is 0 Å². The highest BCUT2D eigenvalue weighted by Gasteiger charge is 2.35. The number of halogens is 5. The van der Waals surface area contributed by atoms with Gasteiger partial charge in [0.1, 0.15) is 17.3 Å². The van der Waals surface area contributed by atoms with Crippen LogP contribution in [0.3, 0.4) is 0 Å². The van der Waals surface area contributed by atoms with Gasteiger partial charge in [0.2, 0.25) is 0 Å². The fraction of sp³-hybridized carbons (Fsp3) is 0.259. The molecule has 7 nitrogen and oxygen atoms in total. The van der Waals surface area contributed by atoms with Crippen LogP contribution in [0.15, 0.2) is 53.6 Å². The summed E-state index contributed by atoms with van der Waals surface area (Å²) in [5.74, 6) is -1.20. The predicted octanol–water partition coefficient (Wildman–Crippen LogP) is 5.97. The van der Waals surface area contributed by atoms with E-state index < -0.39 is 23.4 Å². The molecule has 1 aliphatic carbocycles. The molecule has 2 aromatic carbocycles. The molecule has 0 spiro atoms. The first-order valence-corrected chi connectivity index (χ1v) is 12.2. The van der Waals surface area contributed by atoms with Crippen LogP contribution in [0.1, 0.15) is 35.5 Å². The minimum Gasteiger partial charge on any atom is -0.493 e. The molecule has 0 atom stereocenters. The van der Waals surface area contributed by atoms with Crippen LogP contribution in [0, 0.1) is 17.6 Å². The Bertz CT molecular complexity index is 1550. The second kappa shape index (κ2) is 9.75. The summed E-state index contributed by atoms with van der Waals surface area (Å²) in [7, 11) is 0. The number of imidazole rings is 1. The Morgan fingerprint density at radius 2 is 1.85 bits per heavy atom. The van der Waals surface area contributed by atoms with E-state index in [9.17, 15) is 22.0 Å². The first-order chi connectivity index (χ1) is 18.7. The molecular weight excluding hydrogens is 519 g/mol. The Morgan fingerprint density at radius 1 is 1.00 bits per heavy atom. The largest absolute Gasteiger partial charge is 0.493 e. The third-order valence-electron chi connectivity index (χ3n) is 6.52. The molecule has 12 heteroatoms. The van der Waals surface area contributed by atoms with E-state index in [1.54, 1.807) is 11.1 Å². The number of aromatic amines is 1. The zero-order chi connectivity index (χ0) is 27.1. The molecule has 2 aromatic heterocycles. The highest BCUT2D eigenvalue weighted by molar-refractivity contribution is 5.80. The predicted molar refractivity (Wildman–Crippen MR) is 131 cm³/mol. The van der Waals surface area contributed by atoms with Crippen molar-refractivity contribution in [1.29, 1.82) is 0 Å². The SMILES string of the molecule is Fc1cccc(-c2nc3c([nH]2)CN(Cc2ccc(-c4ccc(OCC5CC5)cc4C(F)(F)F)nn2)N=C3)c1F. The Balaban J connectivity index is 1.16. The second-order valence-corrected chi connectivity index (χ2v) is 9.49. The van der Waals surface area contributed by atoms with Gasteiger partial charge in [0.25, 0.3) is 0 Å². The van der Waals surface area contributed by atoms with E-state index in [1.165, 1.54) is 36.5 Å². The fourth-order valence-corrected chi connectivity index (χ4v) is 4.27. The summed E-state index contributed by atoms with van der Waals surface area (Å²) in [5, 5.41) is 14.1. The maximum atomic E-state index is 14.2. The average molecular weight is 540 g/mol. The summed E-state index contributed by atoms with van der Waals surface area (Å²) in [6.07, 6.45) is -1.03. The Kier molecular flexibility index (Phi) is 6.24. The summed E-state index contributed by atoms with van der Waals surface area (Å²) in [6.45, 7) is 0.902. The van der Waals surface area contributed by atoms with Gasteiger partial charge in [-0.15, -0.1) is 0 Å². The van der Waals surface area contributed by atoms with Crippen molar-refractivity contribution in [3.05, 3.63) is 82.8 Å². The number of alkyl halides is 3. The summed E-state index contributed by atoms with van der Waals surface area (Å²) in [6, 6.07) is 10.8. The maximum absolute atomic E-state index is 14.2. The lowest BCUT2D eigenvalue weighted by Gasteiger charge is -2.21. The molecule has 1 fully saturated rings. The number of benzene rings is 2. The highest BCUT2D eigenvalue weighted by atomic mass is 19.4. The molecule has 1 saturated carbocycles. The fourth-order valence-electron chi connectivity index (χ4n) is 4.27. The van der Waals surface area contributed by atoms with Crippen LogP contribution in [0.2, 0.25) is 0 Å². The molecule has 1 aliphatic heterocycles. The number of nitrogens with zero attached hydrogens (tertiary/aromatic N) is 5. The quantitative estimate of drug-likeness (QED) is 0.292. The van der Waals surface area contributed by atoms with Crippen LogP contribution < -0.4 is 4.74 Å². The molecule has 0 unspecified atom stereocenters. The van der Waals surface area contributed by atoms with Crippen molar-refractivity contribution >= 4 is 6.21 Å². The number of hydrogen-bond donors (Lipinski definition) is 1. The molecule has 200 valence electrons. The second-order valence-electron chi connectivity index (χ2n) is 9.49. The number of aromatic nitrogens is 4. The normalized spacial score (nSPS) is 14.9. The van der Waals surface area contributed by atoms with Gasteiger partial charge in [-0.25, -0.2) is 13.8 Å². The topological polar surface area (TPSA) is 79.3 Å². The molecular formula is C27H21F5N6O. The number of H-pyrrole nitrogens is 1. The lowest BCUT2D eigenvalue weighted by atomic mass is 10.0. The maximum Gasteiger partial charge on any atom is 0.417 e. The molecule has 4 aromatic rings. The molecule has 3 heterocycles. The average Bonchev–Trinajstić information content (AvgIpc) is 3.66. The molecule has 2 aliphatic rings. The lowest BCUT2D eigenvalue weighted by molar-refractivity contribution is -0.137. The summed E-state index contributed by atoms with van der Waals surface area (Å²) in [5.41, 5.74) is 0.785. The number of ether oxygens (including phenoxy) is 1. The van der Waals surface area contributed by atoms with Crippen molar-refractivity contribution in [2.45, 2.75) is 32.1 Å². The van der Waals surface area contributed by atoms with Crippen LogP contribution in [0.25, 0.3) is 22.6 Å². The van der Waals surface area contributed by atoms with Crippen molar-refractivity contribution in [3.63, 3.8) is 0 Å². The van der Waals surface area contributed by atoms with Crippen LogP contribution in [-0.2, 0) is 19.3 Å². The van der Waals surface area contributed by atoms with Crippen LogP contribution in [0.5, 0.6) is 5.75 Å². The van der Waals surface area contributed by atoms with Crippen molar-refractivity contribution in [2.24, 2.45) is 11.0 Å². The number of hydrogen-bond acceptors (Lipinski definition) is 6. The van der Waals surface area contributed by atoms with Crippen molar-refractivity contribution in [3.8, 4) is 28.4 Å². The highest BCUT2D eigenvalue weighted by Crippen LogP contribution is 2.39. The lowest BCUT2D eigenvalue weighted by Crippen LogP contribution is -2.22. The first-order valence-electron chi connectivity index (χ1n) is 12.2. The number of hydrazone groups is 1. The van der Waals surface area contributed by atoms with E-state index >= 15 is 0 Å². The smallest absolute Gasteiger partial charge is 0.417 e. The van der Waals surface area contributed by atoms with E-state index in [2.05, 4.69) is 25.3 Å². The molecule has 0 radical (unpaired) electrons. The summed E-state index contributed by atoms with van der Waals surface area (Å²) >= 11 is 0. The van der Waals surface area contributed by atoms with Gasteiger partial charge in [-0.1, -0.05) is 6.07 Å². The van der Waals surface area contributed by atoms with E-state index in [-0.39, 0.29) is 41.5 Å². The molecule has 39 heavy (non-hydrogen) atoms. The Morgan fingerprint density at radius 3 is 2.59 bits per heavy atom. The van der Waals surface area contributed by atoms with Gasteiger partial charge in [0, 0.05) is 5.56 Å². The molecule has 0 saturated heterocycles. The van der Waals surface area contributed by atoms with Crippen molar-refractivity contribution < 1.29 is 26.7 Å². The van der Waals surface area contributed by atoms with Crippen LogP contribution in [-0.4, -0.2) is 38.0 Å². The Hall–Kier alpha value is -4.35. The molecule has 0 amide bonds. The number of rotatable bonds is 7. The van der Waals surface area contributed by atoms with Crippen molar-refractivity contribution in [2.75, 3.05) is 6.61 Å². The number of nitrogens with one attached hydrogen (secondary N) is 1. The first kappa shape index (κ1) is 25.0. The molecule has 0 bridgehead atoms. The van der Waals surface area contributed by atoms with Gasteiger partial charge in [0.15, 0.2) is 11.6 Å². The van der Waals surface area contributed by atoms with Crippen LogP contribution in [0.4, 0.5) is 22.0 Å². The third kappa shape index (κ3) is 5.31. The van der Waals surface area contributed by atoms with E-state index in [0.29, 0.717) is 29.6 Å². The van der Waals surface area contributed by atoms with Crippen molar-refractivity contribution in [1.82, 2.24) is 25.2 Å². The van der Waals surface area contributed by atoms with E-state index in [0.717, 1.165) is 25.0 Å². The Labute approximate surface area is 219 Å². The van der Waals surface area contributed by atoms with Gasteiger partial charge in [-0.3, -0.25) is 5.01 Å². The summed E-state index contributed by atoms with van der Waals surface area (Å²) in [4.78, 5) is 7.30. The standard InChI is InChI=1S/C27H21F5N6O/c28-21-3-1-2-19(25(21)29)26-34-23-11-33-38(13-24(23)35-26)12-16-6-9-22(37-36-16)18-8-7-17(39-14-15-4-5-15)10-20(18)27(30,31)32/h1-3,6-11,15H,4-5,12-14H2,(H,34,35). The van der Waals surface area contributed by atoms with Gasteiger partial charge in [0.05, 0.1) is 54.1 Å². The van der Waals surface area contributed by atoms with Gasteiger partial charge >= 0.3 is 6.18 Å². The van der Waals surface area contributed by atoms with E-state index in [1.807, 2.05) is 0 Å². The number of fused-ring (bicyclic) bond motifs is 1. The van der Waals surface area contributed by atoms with Gasteiger partial charge in [-0.2, -0.15) is 28.5 Å². The minimum absolute atomic E-state index is 0.00606. The minimum atomic E-state index is -4.59. The molecule has 6 rings (SSSR count). The van der Waals surface area contributed by atoms with Gasteiger partial charge < -0.3 is 9.72 Å². The van der Waals surface area contributed by atoms with E-state index in [4.69, 9.17) is 4.74 Å². The monoisotopic (exact) mass is 540 g/mol. The third-order valence-corrected chi connectivity index (χ3v) is 6.52. The molecule has 1 N–H and O–H groups in total. The zero-order valence-electron chi connectivity index (χ0n) is 20.3.